The highest BCUT2D eigenvalue weighted by Gasteiger charge is 2.31. The van der Waals surface area contributed by atoms with Crippen LogP contribution in [-0.2, 0) is 19.6 Å². The van der Waals surface area contributed by atoms with Gasteiger partial charge in [0.2, 0.25) is 0 Å². The molecular formula is C25H18F3N3O. The fourth-order valence-electron chi connectivity index (χ4n) is 3.30. The van der Waals surface area contributed by atoms with Gasteiger partial charge in [-0.1, -0.05) is 24.0 Å². The number of hydrogen-bond donors (Lipinski definition) is 0. The summed E-state index contributed by atoms with van der Waals surface area (Å²) < 4.78 is 40.7. The minimum absolute atomic E-state index is 0.0663. The molecule has 0 N–H and O–H groups in total. The van der Waals surface area contributed by atoms with Gasteiger partial charge in [0.05, 0.1) is 22.9 Å². The molecule has 4 rings (SSSR count). The number of hydrogen-bond acceptors (Lipinski definition) is 3. The Bertz CT molecular complexity index is 1390. The lowest BCUT2D eigenvalue weighted by molar-refractivity contribution is -0.137. The molecular weight excluding hydrogens is 415 g/mol. The van der Waals surface area contributed by atoms with Crippen LogP contribution >= 0.6 is 0 Å². The van der Waals surface area contributed by atoms with Crippen LogP contribution in [0.15, 0.2) is 61.1 Å². The Hall–Kier alpha value is -3.92. The number of rotatable bonds is 3. The van der Waals surface area contributed by atoms with E-state index in [4.69, 9.17) is 0 Å². The summed E-state index contributed by atoms with van der Waals surface area (Å²) in [6, 6.07) is 12.8. The molecule has 0 fully saturated rings. The molecule has 2 aromatic heterocycles. The second-order valence-corrected chi connectivity index (χ2v) is 7.49. The quantitative estimate of drug-likeness (QED) is 0.333. The molecule has 0 spiro atoms. The Morgan fingerprint density at radius 2 is 1.84 bits per heavy atom. The zero-order valence-electron chi connectivity index (χ0n) is 17.4. The van der Waals surface area contributed by atoms with Crippen LogP contribution in [-0.4, -0.2) is 20.3 Å². The number of pyridine rings is 1. The number of fused-ring (bicyclic) bond motifs is 1. The highest BCUT2D eigenvalue weighted by molar-refractivity contribution is 5.96. The van der Waals surface area contributed by atoms with Crippen LogP contribution in [0.2, 0.25) is 0 Å². The predicted molar refractivity (Wildman–Crippen MR) is 115 cm³/mol. The van der Waals surface area contributed by atoms with Crippen LogP contribution in [0.1, 0.15) is 38.3 Å². The van der Waals surface area contributed by atoms with Crippen LogP contribution in [0.4, 0.5) is 13.2 Å². The minimum atomic E-state index is -4.52. The molecule has 0 atom stereocenters. The number of alkyl halides is 3. The fraction of sp³-hybridized carbons (Fsp3) is 0.160. The second kappa shape index (κ2) is 8.31. The zero-order valence-corrected chi connectivity index (χ0v) is 17.4. The van der Waals surface area contributed by atoms with Gasteiger partial charge in [0, 0.05) is 30.8 Å². The maximum Gasteiger partial charge on any atom is 0.416 e. The van der Waals surface area contributed by atoms with Crippen molar-refractivity contribution >= 4 is 16.8 Å². The van der Waals surface area contributed by atoms with E-state index in [0.717, 1.165) is 46.1 Å². The van der Waals surface area contributed by atoms with E-state index in [9.17, 15) is 18.0 Å². The summed E-state index contributed by atoms with van der Waals surface area (Å²) in [5.41, 5.74) is 3.90. The number of nitrogens with zero attached hydrogens (tertiary/aromatic N) is 3. The molecule has 32 heavy (non-hydrogen) atoms. The van der Waals surface area contributed by atoms with Crippen molar-refractivity contribution in [1.29, 1.82) is 0 Å². The van der Waals surface area contributed by atoms with Gasteiger partial charge in [0.25, 0.3) is 0 Å². The third-order valence-corrected chi connectivity index (χ3v) is 5.11. The van der Waals surface area contributed by atoms with E-state index in [1.807, 2.05) is 42.8 Å². The third kappa shape index (κ3) is 4.54. The lowest BCUT2D eigenvalue weighted by Gasteiger charge is -2.08. The van der Waals surface area contributed by atoms with Crippen molar-refractivity contribution < 1.29 is 18.0 Å². The Balaban J connectivity index is 1.57. The summed E-state index contributed by atoms with van der Waals surface area (Å²) in [5.74, 6) is 5.75. The van der Waals surface area contributed by atoms with Gasteiger partial charge in [-0.15, -0.1) is 0 Å². The molecule has 0 unspecified atom stereocenters. The van der Waals surface area contributed by atoms with Crippen LogP contribution in [0.5, 0.6) is 0 Å². The summed E-state index contributed by atoms with van der Waals surface area (Å²) in [5, 5.41) is 0. The van der Waals surface area contributed by atoms with Crippen molar-refractivity contribution in [2.24, 2.45) is 7.05 Å². The molecule has 2 heterocycles. The van der Waals surface area contributed by atoms with Crippen molar-refractivity contribution in [1.82, 2.24) is 14.5 Å². The average Bonchev–Trinajstić information content (AvgIpc) is 3.13. The Morgan fingerprint density at radius 1 is 1.03 bits per heavy atom. The summed E-state index contributed by atoms with van der Waals surface area (Å²) in [6.45, 7) is 1.91. The van der Waals surface area contributed by atoms with Gasteiger partial charge in [-0.3, -0.25) is 9.78 Å². The number of aryl methyl sites for hydroxylation is 2. The van der Waals surface area contributed by atoms with E-state index in [0.29, 0.717) is 5.56 Å². The smallest absolute Gasteiger partial charge is 0.334 e. The Labute approximate surface area is 182 Å². The molecule has 2 aromatic carbocycles. The van der Waals surface area contributed by atoms with Gasteiger partial charge < -0.3 is 4.57 Å². The largest absolute Gasteiger partial charge is 0.416 e. The average molecular weight is 433 g/mol. The molecule has 0 aliphatic rings. The van der Waals surface area contributed by atoms with Gasteiger partial charge in [0.1, 0.15) is 5.69 Å². The number of halogens is 3. The summed E-state index contributed by atoms with van der Waals surface area (Å²) in [6.07, 6.45) is -1.85. The summed E-state index contributed by atoms with van der Waals surface area (Å²) >= 11 is 0. The third-order valence-electron chi connectivity index (χ3n) is 5.11. The van der Waals surface area contributed by atoms with Crippen LogP contribution in [0.3, 0.4) is 0 Å². The van der Waals surface area contributed by atoms with Crippen molar-refractivity contribution in [3.63, 3.8) is 0 Å². The molecule has 160 valence electrons. The molecule has 4 aromatic rings. The van der Waals surface area contributed by atoms with E-state index in [1.165, 1.54) is 0 Å². The molecule has 0 radical (unpaired) electrons. The first-order valence-corrected chi connectivity index (χ1v) is 9.80. The predicted octanol–water partition coefficient (Wildman–Crippen LogP) is 5.12. The SMILES string of the molecule is Cc1ccc(CC(=O)c2cc(C(F)(F)F)ccn2)cc1C#Cc1ccc2c(c1)ncn2C. The van der Waals surface area contributed by atoms with Gasteiger partial charge in [0.15, 0.2) is 5.78 Å². The highest BCUT2D eigenvalue weighted by Crippen LogP contribution is 2.29. The maximum absolute atomic E-state index is 12.9. The number of carbonyl (C=O) groups is 1. The van der Waals surface area contributed by atoms with Crippen LogP contribution in [0.25, 0.3) is 11.0 Å². The van der Waals surface area contributed by atoms with E-state index in [-0.39, 0.29) is 12.1 Å². The molecule has 0 aliphatic carbocycles. The fourth-order valence-corrected chi connectivity index (χ4v) is 3.30. The van der Waals surface area contributed by atoms with Gasteiger partial charge >= 0.3 is 6.18 Å². The highest BCUT2D eigenvalue weighted by atomic mass is 19.4. The normalized spacial score (nSPS) is 11.3. The van der Waals surface area contributed by atoms with E-state index in [1.54, 1.807) is 18.5 Å². The first-order valence-electron chi connectivity index (χ1n) is 9.80. The molecule has 0 aliphatic heterocycles. The number of aromatic nitrogens is 3. The topological polar surface area (TPSA) is 47.8 Å². The van der Waals surface area contributed by atoms with Gasteiger partial charge in [-0.05, 0) is 54.4 Å². The maximum atomic E-state index is 12.9. The Kier molecular flexibility index (Phi) is 5.54. The van der Waals surface area contributed by atoms with Gasteiger partial charge in [-0.2, -0.15) is 13.2 Å². The summed E-state index contributed by atoms with van der Waals surface area (Å²) in [7, 11) is 1.92. The summed E-state index contributed by atoms with van der Waals surface area (Å²) in [4.78, 5) is 20.7. The number of benzene rings is 2. The lowest BCUT2D eigenvalue weighted by atomic mass is 10.00. The standard InChI is InChI=1S/C25H18F3N3O/c1-16-3-4-18(13-24(32)22-14-20(9-10-29-22)25(26,27)28)11-19(16)7-5-17-6-8-23-21(12-17)30-15-31(23)2/h3-4,6,8-12,14-15H,13H2,1-2H3. The zero-order chi connectivity index (χ0) is 22.9. The van der Waals surface area contributed by atoms with E-state index in [2.05, 4.69) is 21.8 Å². The molecule has 7 heteroatoms. The molecule has 0 bridgehead atoms. The second-order valence-electron chi connectivity index (χ2n) is 7.49. The number of ketones is 1. The van der Waals surface area contributed by atoms with E-state index < -0.39 is 17.5 Å². The first kappa shape index (κ1) is 21.3. The van der Waals surface area contributed by atoms with Crippen LogP contribution in [0, 0.1) is 18.8 Å². The van der Waals surface area contributed by atoms with Crippen molar-refractivity contribution in [3.8, 4) is 11.8 Å². The monoisotopic (exact) mass is 433 g/mol. The van der Waals surface area contributed by atoms with Crippen molar-refractivity contribution in [2.45, 2.75) is 19.5 Å². The number of carbonyl (C=O) groups excluding carboxylic acids is 1. The number of Topliss-reactive ketones (excluding diaryl/α,β-unsaturated/α-hetero) is 1. The van der Waals surface area contributed by atoms with Gasteiger partial charge in [-0.25, -0.2) is 4.98 Å². The van der Waals surface area contributed by atoms with Crippen molar-refractivity contribution in [3.05, 3.63) is 94.6 Å². The van der Waals surface area contributed by atoms with Crippen molar-refractivity contribution in [2.75, 3.05) is 0 Å². The first-order chi connectivity index (χ1) is 15.2. The van der Waals surface area contributed by atoms with E-state index >= 15 is 0 Å². The molecule has 4 nitrogen and oxygen atoms in total. The van der Waals surface area contributed by atoms with Crippen LogP contribution < -0.4 is 0 Å². The molecule has 0 amide bonds. The lowest BCUT2D eigenvalue weighted by Crippen LogP contribution is -2.11. The minimum Gasteiger partial charge on any atom is -0.334 e. The molecule has 0 saturated heterocycles. The Morgan fingerprint density at radius 3 is 2.62 bits per heavy atom. The number of imidazole rings is 1. The molecule has 0 saturated carbocycles.